The molecule has 1 aromatic heterocycles. The Bertz CT molecular complexity index is 280. The van der Waals surface area contributed by atoms with Crippen LogP contribution in [0.5, 0.6) is 0 Å². The summed E-state index contributed by atoms with van der Waals surface area (Å²) in [5, 5.41) is 2.09. The molecule has 3 N–H and O–H groups in total. The lowest BCUT2D eigenvalue weighted by molar-refractivity contribution is 0.136. The van der Waals surface area contributed by atoms with Gasteiger partial charge in [-0.25, -0.2) is 0 Å². The summed E-state index contributed by atoms with van der Waals surface area (Å²) < 4.78 is 6.45. The highest BCUT2D eigenvalue weighted by Gasteiger charge is 2.08. The highest BCUT2D eigenvalue weighted by molar-refractivity contribution is 9.10. The maximum absolute atomic E-state index is 5.50. The number of nitrogens with two attached hydrogens (primary N) is 1. The molecule has 3 nitrogen and oxygen atoms in total. The summed E-state index contributed by atoms with van der Waals surface area (Å²) in [6.45, 7) is 3.53. The van der Waals surface area contributed by atoms with E-state index in [0.29, 0.717) is 6.04 Å². The van der Waals surface area contributed by atoms with Crippen LogP contribution in [-0.4, -0.2) is 19.3 Å². The monoisotopic (exact) mass is 292 g/mol. The minimum Gasteiger partial charge on any atom is -0.382 e. The lowest BCUT2D eigenvalue weighted by Crippen LogP contribution is -2.37. The Balaban J connectivity index is 2.33. The number of nitrogens with one attached hydrogen (secondary N) is 1. The largest absolute Gasteiger partial charge is 0.382 e. The van der Waals surface area contributed by atoms with E-state index in [1.807, 2.05) is 6.92 Å². The van der Waals surface area contributed by atoms with Crippen molar-refractivity contribution in [3.8, 4) is 0 Å². The molecule has 1 unspecified atom stereocenters. The molecule has 0 saturated heterocycles. The van der Waals surface area contributed by atoms with Crippen LogP contribution in [0.3, 0.4) is 0 Å². The molecule has 0 fully saturated rings. The Hall–Kier alpha value is 0.0600. The molecule has 0 amide bonds. The Morgan fingerprint density at radius 3 is 3.00 bits per heavy atom. The number of hydrazine groups is 1. The van der Waals surface area contributed by atoms with Crippen molar-refractivity contribution < 1.29 is 4.74 Å². The molecule has 0 saturated carbocycles. The van der Waals surface area contributed by atoms with Crippen LogP contribution in [0.25, 0.3) is 0 Å². The zero-order chi connectivity index (χ0) is 11.1. The lowest BCUT2D eigenvalue weighted by Gasteiger charge is -2.14. The van der Waals surface area contributed by atoms with Gasteiger partial charge in [0.15, 0.2) is 0 Å². The molecule has 1 aromatic rings. The number of ether oxygens (including phenoxy) is 1. The number of rotatable bonds is 7. The summed E-state index contributed by atoms with van der Waals surface area (Å²) in [5.41, 5.74) is 2.83. The number of thiophene rings is 1. The fourth-order valence-corrected chi connectivity index (χ4v) is 2.85. The van der Waals surface area contributed by atoms with E-state index in [2.05, 4.69) is 32.8 Å². The highest BCUT2D eigenvalue weighted by atomic mass is 79.9. The minimum absolute atomic E-state index is 0.294. The Morgan fingerprint density at radius 2 is 2.47 bits per heavy atom. The minimum atomic E-state index is 0.294. The van der Waals surface area contributed by atoms with Crippen LogP contribution in [0.1, 0.15) is 18.2 Å². The molecule has 0 aliphatic heterocycles. The van der Waals surface area contributed by atoms with Crippen LogP contribution in [0.2, 0.25) is 0 Å². The summed E-state index contributed by atoms with van der Waals surface area (Å²) in [5.74, 6) is 5.50. The van der Waals surface area contributed by atoms with Gasteiger partial charge in [-0.2, -0.15) is 0 Å². The van der Waals surface area contributed by atoms with E-state index in [1.165, 1.54) is 4.88 Å². The van der Waals surface area contributed by atoms with Gasteiger partial charge in [-0.05, 0) is 41.8 Å². The first-order valence-electron chi connectivity index (χ1n) is 5.03. The molecule has 15 heavy (non-hydrogen) atoms. The highest BCUT2D eigenvalue weighted by Crippen LogP contribution is 2.21. The van der Waals surface area contributed by atoms with Gasteiger partial charge in [-0.1, -0.05) is 0 Å². The van der Waals surface area contributed by atoms with Gasteiger partial charge in [-0.3, -0.25) is 11.3 Å². The normalized spacial score (nSPS) is 13.0. The molecule has 0 bridgehead atoms. The van der Waals surface area contributed by atoms with Gasteiger partial charge in [0, 0.05) is 34.0 Å². The molecular weight excluding hydrogens is 276 g/mol. The van der Waals surface area contributed by atoms with E-state index in [4.69, 9.17) is 10.6 Å². The van der Waals surface area contributed by atoms with Crippen LogP contribution in [0.15, 0.2) is 15.9 Å². The summed E-state index contributed by atoms with van der Waals surface area (Å²) >= 11 is 5.19. The van der Waals surface area contributed by atoms with E-state index in [9.17, 15) is 0 Å². The maximum Gasteiger partial charge on any atom is 0.0481 e. The third-order valence-electron chi connectivity index (χ3n) is 2.12. The van der Waals surface area contributed by atoms with E-state index < -0.39 is 0 Å². The topological polar surface area (TPSA) is 47.3 Å². The van der Waals surface area contributed by atoms with Gasteiger partial charge in [0.05, 0.1) is 0 Å². The van der Waals surface area contributed by atoms with Gasteiger partial charge < -0.3 is 4.74 Å². The molecule has 0 aromatic carbocycles. The van der Waals surface area contributed by atoms with Crippen LogP contribution in [-0.2, 0) is 11.2 Å². The first-order chi connectivity index (χ1) is 7.26. The number of hydrogen-bond donors (Lipinski definition) is 2. The summed E-state index contributed by atoms with van der Waals surface area (Å²) in [4.78, 5) is 1.33. The first kappa shape index (κ1) is 13.1. The molecular formula is C10H17BrN2OS. The van der Waals surface area contributed by atoms with Crippen molar-refractivity contribution >= 4 is 27.3 Å². The van der Waals surface area contributed by atoms with Gasteiger partial charge in [-0.15, -0.1) is 11.3 Å². The van der Waals surface area contributed by atoms with Crippen molar-refractivity contribution in [3.05, 3.63) is 20.8 Å². The summed E-state index contributed by atoms with van der Waals surface area (Å²) in [7, 11) is 0. The second-order valence-electron chi connectivity index (χ2n) is 3.28. The molecule has 1 heterocycles. The predicted octanol–water partition coefficient (Wildman–Crippen LogP) is 2.31. The number of halogens is 1. The van der Waals surface area contributed by atoms with E-state index in [0.717, 1.165) is 30.5 Å². The van der Waals surface area contributed by atoms with Crippen molar-refractivity contribution in [3.63, 3.8) is 0 Å². The Morgan fingerprint density at radius 1 is 1.67 bits per heavy atom. The van der Waals surface area contributed by atoms with Crippen LogP contribution < -0.4 is 11.3 Å². The molecule has 0 aliphatic rings. The SMILES string of the molecule is CCOCCC(Cc1cc(Br)cs1)NN. The van der Waals surface area contributed by atoms with Crippen LogP contribution in [0.4, 0.5) is 0 Å². The molecule has 0 aliphatic carbocycles. The molecule has 0 spiro atoms. The second kappa shape index (κ2) is 7.35. The zero-order valence-corrected chi connectivity index (χ0v) is 11.2. The number of hydrogen-bond acceptors (Lipinski definition) is 4. The average Bonchev–Trinajstić information content (AvgIpc) is 2.63. The summed E-state index contributed by atoms with van der Waals surface area (Å²) in [6, 6.07) is 2.43. The van der Waals surface area contributed by atoms with Crippen molar-refractivity contribution in [2.24, 2.45) is 5.84 Å². The molecule has 1 atom stereocenters. The fourth-order valence-electron chi connectivity index (χ4n) is 1.32. The fraction of sp³-hybridized carbons (Fsp3) is 0.600. The van der Waals surface area contributed by atoms with E-state index >= 15 is 0 Å². The quantitative estimate of drug-likeness (QED) is 0.461. The third-order valence-corrected chi connectivity index (χ3v) is 3.84. The predicted molar refractivity (Wildman–Crippen MR) is 67.9 cm³/mol. The first-order valence-corrected chi connectivity index (χ1v) is 6.70. The van der Waals surface area contributed by atoms with Crippen LogP contribution >= 0.6 is 27.3 Å². The van der Waals surface area contributed by atoms with Crippen molar-refractivity contribution in [1.29, 1.82) is 0 Å². The molecule has 86 valence electrons. The summed E-state index contributed by atoms with van der Waals surface area (Å²) in [6.07, 6.45) is 1.90. The van der Waals surface area contributed by atoms with E-state index in [1.54, 1.807) is 11.3 Å². The van der Waals surface area contributed by atoms with E-state index in [-0.39, 0.29) is 0 Å². The van der Waals surface area contributed by atoms with Gasteiger partial charge in [0.2, 0.25) is 0 Å². The molecule has 1 rings (SSSR count). The van der Waals surface area contributed by atoms with Gasteiger partial charge >= 0.3 is 0 Å². The Labute approximate surface area is 103 Å². The van der Waals surface area contributed by atoms with Crippen LogP contribution in [0, 0.1) is 0 Å². The Kier molecular flexibility index (Phi) is 6.43. The lowest BCUT2D eigenvalue weighted by atomic mass is 10.1. The van der Waals surface area contributed by atoms with Gasteiger partial charge in [0.25, 0.3) is 0 Å². The van der Waals surface area contributed by atoms with Crippen molar-refractivity contribution in [2.75, 3.05) is 13.2 Å². The second-order valence-corrected chi connectivity index (χ2v) is 5.20. The standard InChI is InChI=1S/C10H17BrN2OS/c1-2-14-4-3-9(13-12)6-10-5-8(11)7-15-10/h5,7,9,13H,2-4,6,12H2,1H3. The maximum atomic E-state index is 5.50. The van der Waals surface area contributed by atoms with Crippen molar-refractivity contribution in [2.45, 2.75) is 25.8 Å². The molecule has 0 radical (unpaired) electrons. The smallest absolute Gasteiger partial charge is 0.0481 e. The average molecular weight is 293 g/mol. The third kappa shape index (κ3) is 5.08. The van der Waals surface area contributed by atoms with Crippen molar-refractivity contribution in [1.82, 2.24) is 5.43 Å². The molecule has 5 heteroatoms. The van der Waals surface area contributed by atoms with Gasteiger partial charge in [0.1, 0.15) is 0 Å². The zero-order valence-electron chi connectivity index (χ0n) is 8.83.